The van der Waals surface area contributed by atoms with Crippen LogP contribution in [0.4, 0.5) is 8.78 Å². The summed E-state index contributed by atoms with van der Waals surface area (Å²) in [6, 6.07) is 5.13. The molecular formula is C11H15F2N. The van der Waals surface area contributed by atoms with Crippen molar-refractivity contribution in [2.45, 2.75) is 32.7 Å². The summed E-state index contributed by atoms with van der Waals surface area (Å²) in [5.74, 6) is 0. The van der Waals surface area contributed by atoms with Gasteiger partial charge in [-0.25, -0.2) is 8.78 Å². The van der Waals surface area contributed by atoms with Crippen molar-refractivity contribution in [2.24, 2.45) is 5.73 Å². The Hall–Kier alpha value is -0.960. The summed E-state index contributed by atoms with van der Waals surface area (Å²) in [4.78, 5) is 0. The smallest absolute Gasteiger partial charge is 0.240 e. The van der Waals surface area contributed by atoms with Crippen LogP contribution in [0, 0.1) is 13.8 Å². The summed E-state index contributed by atoms with van der Waals surface area (Å²) in [6.07, 6.45) is -2.62. The van der Waals surface area contributed by atoms with Crippen molar-refractivity contribution in [3.8, 4) is 0 Å². The molecule has 0 aliphatic heterocycles. The van der Waals surface area contributed by atoms with Crippen LogP contribution in [0.5, 0.6) is 0 Å². The number of alkyl halides is 2. The number of hydrogen-bond donors (Lipinski definition) is 1. The van der Waals surface area contributed by atoms with E-state index in [1.165, 1.54) is 0 Å². The van der Waals surface area contributed by atoms with Gasteiger partial charge in [0.05, 0.1) is 0 Å². The average Bonchev–Trinajstić information content (AvgIpc) is 2.01. The first-order valence-electron chi connectivity index (χ1n) is 4.61. The number of aryl methyl sites for hydroxylation is 2. The number of rotatable bonds is 3. The third-order valence-electron chi connectivity index (χ3n) is 2.26. The zero-order chi connectivity index (χ0) is 10.7. The summed E-state index contributed by atoms with van der Waals surface area (Å²) < 4.78 is 24.2. The van der Waals surface area contributed by atoms with Gasteiger partial charge < -0.3 is 5.73 Å². The zero-order valence-electron chi connectivity index (χ0n) is 8.43. The Morgan fingerprint density at radius 3 is 2.43 bits per heavy atom. The molecule has 0 spiro atoms. The van der Waals surface area contributed by atoms with Crippen molar-refractivity contribution >= 4 is 0 Å². The van der Waals surface area contributed by atoms with Crippen LogP contribution in [0.3, 0.4) is 0 Å². The van der Waals surface area contributed by atoms with Gasteiger partial charge in [0.1, 0.15) is 0 Å². The van der Waals surface area contributed by atoms with E-state index in [0.717, 1.165) is 16.7 Å². The van der Waals surface area contributed by atoms with Gasteiger partial charge in [-0.2, -0.15) is 0 Å². The molecule has 0 aliphatic rings. The van der Waals surface area contributed by atoms with Crippen molar-refractivity contribution in [1.29, 1.82) is 0 Å². The van der Waals surface area contributed by atoms with E-state index in [2.05, 4.69) is 0 Å². The summed E-state index contributed by atoms with van der Waals surface area (Å²) >= 11 is 0. The number of halogens is 2. The van der Waals surface area contributed by atoms with Crippen molar-refractivity contribution < 1.29 is 8.78 Å². The van der Waals surface area contributed by atoms with Crippen LogP contribution >= 0.6 is 0 Å². The predicted octanol–water partition coefficient (Wildman–Crippen LogP) is 2.96. The maximum Gasteiger partial charge on any atom is 0.240 e. The molecule has 1 rings (SSSR count). The van der Waals surface area contributed by atoms with E-state index >= 15 is 0 Å². The van der Waals surface area contributed by atoms with E-state index in [-0.39, 0.29) is 6.42 Å². The second-order valence-corrected chi connectivity index (χ2v) is 3.59. The first kappa shape index (κ1) is 11.1. The molecular weight excluding hydrogens is 184 g/mol. The van der Waals surface area contributed by atoms with Gasteiger partial charge in [-0.15, -0.1) is 0 Å². The van der Waals surface area contributed by atoms with E-state index in [0.29, 0.717) is 0 Å². The van der Waals surface area contributed by atoms with E-state index in [9.17, 15) is 8.78 Å². The normalized spacial score (nSPS) is 13.3. The van der Waals surface area contributed by atoms with Crippen molar-refractivity contribution in [2.75, 3.05) is 0 Å². The first-order chi connectivity index (χ1) is 6.50. The first-order valence-corrected chi connectivity index (χ1v) is 4.61. The number of benzene rings is 1. The summed E-state index contributed by atoms with van der Waals surface area (Å²) in [5, 5.41) is 0. The Morgan fingerprint density at radius 2 is 1.93 bits per heavy atom. The molecule has 0 unspecified atom stereocenters. The Balaban J connectivity index is 2.84. The van der Waals surface area contributed by atoms with Gasteiger partial charge >= 0.3 is 0 Å². The molecule has 78 valence electrons. The topological polar surface area (TPSA) is 26.0 Å². The van der Waals surface area contributed by atoms with E-state index in [1.54, 1.807) is 0 Å². The Kier molecular flexibility index (Phi) is 3.58. The minimum Gasteiger partial charge on any atom is -0.324 e. The van der Waals surface area contributed by atoms with Gasteiger partial charge in [-0.1, -0.05) is 23.8 Å². The highest BCUT2D eigenvalue weighted by Gasteiger charge is 2.14. The molecule has 0 fully saturated rings. The minimum atomic E-state index is -2.34. The fraction of sp³-hybridized carbons (Fsp3) is 0.455. The molecule has 14 heavy (non-hydrogen) atoms. The summed E-state index contributed by atoms with van der Waals surface area (Å²) in [7, 11) is 0. The lowest BCUT2D eigenvalue weighted by molar-refractivity contribution is 0.128. The lowest BCUT2D eigenvalue weighted by Crippen LogP contribution is -2.15. The molecule has 0 radical (unpaired) electrons. The van der Waals surface area contributed by atoms with Crippen LogP contribution < -0.4 is 5.73 Å². The molecule has 1 atom stereocenters. The molecule has 0 amide bonds. The number of hydrogen-bond acceptors (Lipinski definition) is 1. The highest BCUT2D eigenvalue weighted by Crippen LogP contribution is 2.22. The molecule has 0 aromatic heterocycles. The van der Waals surface area contributed by atoms with Gasteiger partial charge in [0.15, 0.2) is 0 Å². The van der Waals surface area contributed by atoms with E-state index < -0.39 is 12.5 Å². The Morgan fingerprint density at radius 1 is 1.29 bits per heavy atom. The van der Waals surface area contributed by atoms with Crippen LogP contribution in [-0.4, -0.2) is 6.43 Å². The molecule has 0 aliphatic carbocycles. The lowest BCUT2D eigenvalue weighted by atomic mass is 9.98. The van der Waals surface area contributed by atoms with Crippen molar-refractivity contribution in [3.63, 3.8) is 0 Å². The maximum absolute atomic E-state index is 12.1. The molecule has 0 heterocycles. The SMILES string of the molecule is Cc1ccc([C@@H](N)CC(F)F)c(C)c1. The Bertz CT molecular complexity index is 310. The lowest BCUT2D eigenvalue weighted by Gasteiger charge is -2.14. The van der Waals surface area contributed by atoms with Gasteiger partial charge in [-0.3, -0.25) is 0 Å². The Labute approximate surface area is 82.9 Å². The maximum atomic E-state index is 12.1. The van der Waals surface area contributed by atoms with Gasteiger partial charge in [0, 0.05) is 12.5 Å². The van der Waals surface area contributed by atoms with Gasteiger partial charge in [0.2, 0.25) is 6.43 Å². The fourth-order valence-corrected chi connectivity index (χ4v) is 1.56. The van der Waals surface area contributed by atoms with Crippen LogP contribution in [0.25, 0.3) is 0 Å². The standard InChI is InChI=1S/C11H15F2N/c1-7-3-4-9(8(2)5-7)10(14)6-11(12)13/h3-5,10-11H,6,14H2,1-2H3/t10-/m0/s1. The highest BCUT2D eigenvalue weighted by atomic mass is 19.3. The molecule has 0 saturated heterocycles. The predicted molar refractivity (Wildman–Crippen MR) is 53.5 cm³/mol. The highest BCUT2D eigenvalue weighted by molar-refractivity contribution is 5.32. The van der Waals surface area contributed by atoms with Crippen LogP contribution in [0.2, 0.25) is 0 Å². The molecule has 0 saturated carbocycles. The minimum absolute atomic E-state index is 0.274. The monoisotopic (exact) mass is 199 g/mol. The third-order valence-corrected chi connectivity index (χ3v) is 2.26. The molecule has 2 N–H and O–H groups in total. The molecule has 3 heteroatoms. The molecule has 1 aromatic rings. The quantitative estimate of drug-likeness (QED) is 0.795. The van der Waals surface area contributed by atoms with Crippen molar-refractivity contribution in [3.05, 3.63) is 34.9 Å². The van der Waals surface area contributed by atoms with Crippen LogP contribution in [0.15, 0.2) is 18.2 Å². The molecule has 0 bridgehead atoms. The summed E-state index contributed by atoms with van der Waals surface area (Å²) in [5.41, 5.74) is 8.59. The average molecular weight is 199 g/mol. The van der Waals surface area contributed by atoms with Gasteiger partial charge in [0.25, 0.3) is 0 Å². The second-order valence-electron chi connectivity index (χ2n) is 3.59. The largest absolute Gasteiger partial charge is 0.324 e. The summed E-state index contributed by atoms with van der Waals surface area (Å²) in [6.45, 7) is 3.86. The third kappa shape index (κ3) is 2.77. The molecule has 1 aromatic carbocycles. The second kappa shape index (κ2) is 4.51. The van der Waals surface area contributed by atoms with Crippen molar-refractivity contribution in [1.82, 2.24) is 0 Å². The van der Waals surface area contributed by atoms with E-state index in [4.69, 9.17) is 5.73 Å². The zero-order valence-corrected chi connectivity index (χ0v) is 8.43. The fourth-order valence-electron chi connectivity index (χ4n) is 1.56. The number of nitrogens with two attached hydrogens (primary N) is 1. The van der Waals surface area contributed by atoms with E-state index in [1.807, 2.05) is 32.0 Å². The van der Waals surface area contributed by atoms with Crippen LogP contribution in [0.1, 0.15) is 29.2 Å². The molecule has 1 nitrogen and oxygen atoms in total. The van der Waals surface area contributed by atoms with Gasteiger partial charge in [-0.05, 0) is 25.0 Å². The van der Waals surface area contributed by atoms with Crippen LogP contribution in [-0.2, 0) is 0 Å².